The summed E-state index contributed by atoms with van der Waals surface area (Å²) in [6.07, 6.45) is 16.5. The topological polar surface area (TPSA) is 37.3 Å². The maximum absolute atomic E-state index is 10.8. The number of aliphatic carboxylic acids is 1. The Morgan fingerprint density at radius 2 is 1.38 bits per heavy atom. The van der Waals surface area contributed by atoms with Gasteiger partial charge in [0.15, 0.2) is 0 Å². The van der Waals surface area contributed by atoms with Gasteiger partial charge in [0.2, 0.25) is 0 Å². The lowest BCUT2D eigenvalue weighted by Crippen LogP contribution is -1.95. The van der Waals surface area contributed by atoms with E-state index in [1.165, 1.54) is 69.8 Å². The number of rotatable bonds is 13. The number of carboxylic acids is 1. The molecular weight excluding hydrogens is 296 g/mol. The third kappa shape index (κ3) is 9.54. The summed E-state index contributed by atoms with van der Waals surface area (Å²) in [5, 5.41) is 8.89. The molecule has 0 atom stereocenters. The van der Waals surface area contributed by atoms with Gasteiger partial charge in [-0.2, -0.15) is 0 Å². The van der Waals surface area contributed by atoms with Crippen LogP contribution < -0.4 is 0 Å². The summed E-state index contributed by atoms with van der Waals surface area (Å²) in [4.78, 5) is 10.8. The summed E-state index contributed by atoms with van der Waals surface area (Å²) in [5.41, 5.74) is 2.68. The standard InChI is InChI=1S/C22H34O2/c1-3-4-5-6-7-8-9-10-11-12-13-20-14-16-21(17-15-20)18-19(2)22(23)24/h14-18H,3-13H2,1-2H3,(H,23,24). The Balaban J connectivity index is 2.11. The molecule has 134 valence electrons. The summed E-state index contributed by atoms with van der Waals surface area (Å²) in [6, 6.07) is 8.26. The predicted molar refractivity (Wildman–Crippen MR) is 103 cm³/mol. The molecule has 1 rings (SSSR count). The molecular formula is C22H34O2. The van der Waals surface area contributed by atoms with Crippen LogP contribution in [0.25, 0.3) is 6.08 Å². The fraction of sp³-hybridized carbons (Fsp3) is 0.591. The van der Waals surface area contributed by atoms with Gasteiger partial charge in [-0.05, 0) is 37.0 Å². The minimum atomic E-state index is -0.857. The molecule has 0 radical (unpaired) electrons. The van der Waals surface area contributed by atoms with Gasteiger partial charge in [-0.1, -0.05) is 89.0 Å². The van der Waals surface area contributed by atoms with E-state index in [1.54, 1.807) is 13.0 Å². The van der Waals surface area contributed by atoms with Crippen molar-refractivity contribution in [2.75, 3.05) is 0 Å². The summed E-state index contributed by atoms with van der Waals surface area (Å²) in [6.45, 7) is 3.89. The highest BCUT2D eigenvalue weighted by Crippen LogP contribution is 2.14. The molecule has 24 heavy (non-hydrogen) atoms. The van der Waals surface area contributed by atoms with Gasteiger partial charge in [0.1, 0.15) is 0 Å². The molecule has 0 amide bonds. The van der Waals surface area contributed by atoms with Gasteiger partial charge in [-0.25, -0.2) is 4.79 Å². The van der Waals surface area contributed by atoms with E-state index in [0.29, 0.717) is 5.57 Å². The average molecular weight is 331 g/mol. The van der Waals surface area contributed by atoms with Crippen LogP contribution >= 0.6 is 0 Å². The van der Waals surface area contributed by atoms with Crippen molar-refractivity contribution in [2.24, 2.45) is 0 Å². The number of hydrogen-bond acceptors (Lipinski definition) is 1. The molecule has 0 aliphatic rings. The first-order valence-corrected chi connectivity index (χ1v) is 9.64. The molecule has 0 saturated heterocycles. The second-order valence-corrected chi connectivity index (χ2v) is 6.81. The number of benzene rings is 1. The summed E-state index contributed by atoms with van der Waals surface area (Å²) >= 11 is 0. The van der Waals surface area contributed by atoms with Crippen molar-refractivity contribution >= 4 is 12.0 Å². The van der Waals surface area contributed by atoms with Gasteiger partial charge >= 0.3 is 5.97 Å². The Labute approximate surface area is 148 Å². The Morgan fingerprint density at radius 1 is 0.875 bits per heavy atom. The van der Waals surface area contributed by atoms with Crippen LogP contribution in [0.4, 0.5) is 0 Å². The number of carboxylic acid groups (broad SMARTS) is 1. The lowest BCUT2D eigenvalue weighted by atomic mass is 10.0. The van der Waals surface area contributed by atoms with Gasteiger partial charge in [0, 0.05) is 5.57 Å². The van der Waals surface area contributed by atoms with Crippen LogP contribution in [0.1, 0.15) is 89.2 Å². The highest BCUT2D eigenvalue weighted by atomic mass is 16.4. The fourth-order valence-electron chi connectivity index (χ4n) is 2.91. The van der Waals surface area contributed by atoms with Crippen LogP contribution in [0.15, 0.2) is 29.8 Å². The number of aryl methyl sites for hydroxylation is 1. The zero-order chi connectivity index (χ0) is 17.6. The minimum Gasteiger partial charge on any atom is -0.478 e. The molecule has 1 aromatic rings. The predicted octanol–water partition coefficient (Wildman–Crippen LogP) is 6.64. The number of unbranched alkanes of at least 4 members (excludes halogenated alkanes) is 9. The lowest BCUT2D eigenvalue weighted by molar-refractivity contribution is -0.132. The van der Waals surface area contributed by atoms with Crippen molar-refractivity contribution in [3.63, 3.8) is 0 Å². The summed E-state index contributed by atoms with van der Waals surface area (Å²) in [5.74, 6) is -0.857. The maximum Gasteiger partial charge on any atom is 0.331 e. The number of carbonyl (C=O) groups is 1. The van der Waals surface area contributed by atoms with Crippen LogP contribution in [0.5, 0.6) is 0 Å². The quantitative estimate of drug-likeness (QED) is 0.325. The van der Waals surface area contributed by atoms with Crippen molar-refractivity contribution in [3.8, 4) is 0 Å². The van der Waals surface area contributed by atoms with Gasteiger partial charge < -0.3 is 5.11 Å². The molecule has 0 fully saturated rings. The normalized spacial score (nSPS) is 11.7. The van der Waals surface area contributed by atoms with Gasteiger partial charge in [-0.3, -0.25) is 0 Å². The zero-order valence-corrected chi connectivity index (χ0v) is 15.5. The van der Waals surface area contributed by atoms with Crippen LogP contribution in [-0.4, -0.2) is 11.1 Å². The van der Waals surface area contributed by atoms with E-state index < -0.39 is 5.97 Å². The maximum atomic E-state index is 10.8. The average Bonchev–Trinajstić information content (AvgIpc) is 2.58. The van der Waals surface area contributed by atoms with Crippen molar-refractivity contribution in [2.45, 2.75) is 84.5 Å². The molecule has 1 N–H and O–H groups in total. The van der Waals surface area contributed by atoms with Crippen LogP contribution in [0, 0.1) is 0 Å². The molecule has 0 aliphatic carbocycles. The highest BCUT2D eigenvalue weighted by Gasteiger charge is 2.00. The Morgan fingerprint density at radius 3 is 1.88 bits per heavy atom. The lowest BCUT2D eigenvalue weighted by Gasteiger charge is -2.04. The Bertz CT molecular complexity index is 485. The molecule has 0 bridgehead atoms. The number of hydrogen-bond donors (Lipinski definition) is 1. The third-order valence-electron chi connectivity index (χ3n) is 4.52. The molecule has 2 nitrogen and oxygen atoms in total. The molecule has 2 heteroatoms. The summed E-state index contributed by atoms with van der Waals surface area (Å²) in [7, 11) is 0. The van der Waals surface area contributed by atoms with Crippen LogP contribution in [0.2, 0.25) is 0 Å². The van der Waals surface area contributed by atoms with Crippen molar-refractivity contribution in [3.05, 3.63) is 41.0 Å². The largest absolute Gasteiger partial charge is 0.478 e. The molecule has 0 spiro atoms. The minimum absolute atomic E-state index is 0.373. The fourth-order valence-corrected chi connectivity index (χ4v) is 2.91. The van der Waals surface area contributed by atoms with E-state index in [2.05, 4.69) is 19.1 Å². The monoisotopic (exact) mass is 330 g/mol. The summed E-state index contributed by atoms with van der Waals surface area (Å²) < 4.78 is 0. The first-order valence-electron chi connectivity index (χ1n) is 9.64. The molecule has 0 heterocycles. The van der Waals surface area contributed by atoms with E-state index in [4.69, 9.17) is 5.11 Å². The Kier molecular flexibility index (Phi) is 10.9. The third-order valence-corrected chi connectivity index (χ3v) is 4.52. The molecule has 0 aromatic heterocycles. The van der Waals surface area contributed by atoms with Crippen molar-refractivity contribution in [1.29, 1.82) is 0 Å². The van der Waals surface area contributed by atoms with Crippen LogP contribution in [-0.2, 0) is 11.2 Å². The van der Waals surface area contributed by atoms with Gasteiger partial charge in [0.05, 0.1) is 0 Å². The van der Waals surface area contributed by atoms with Crippen molar-refractivity contribution < 1.29 is 9.90 Å². The van der Waals surface area contributed by atoms with Crippen molar-refractivity contribution in [1.82, 2.24) is 0 Å². The van der Waals surface area contributed by atoms with E-state index in [0.717, 1.165) is 12.0 Å². The smallest absolute Gasteiger partial charge is 0.331 e. The van der Waals surface area contributed by atoms with Gasteiger partial charge in [-0.15, -0.1) is 0 Å². The highest BCUT2D eigenvalue weighted by molar-refractivity contribution is 5.91. The molecule has 1 aromatic carbocycles. The second-order valence-electron chi connectivity index (χ2n) is 6.81. The van der Waals surface area contributed by atoms with E-state index >= 15 is 0 Å². The van der Waals surface area contributed by atoms with E-state index in [1.807, 2.05) is 12.1 Å². The van der Waals surface area contributed by atoms with Gasteiger partial charge in [0.25, 0.3) is 0 Å². The molecule has 0 saturated carbocycles. The van der Waals surface area contributed by atoms with Crippen LogP contribution in [0.3, 0.4) is 0 Å². The molecule has 0 unspecified atom stereocenters. The Hall–Kier alpha value is -1.57. The SMILES string of the molecule is CCCCCCCCCCCCc1ccc(C=C(C)C(=O)O)cc1. The first kappa shape index (κ1) is 20.5. The van der Waals surface area contributed by atoms with E-state index in [-0.39, 0.29) is 0 Å². The zero-order valence-electron chi connectivity index (χ0n) is 15.5. The molecule has 0 aliphatic heterocycles. The first-order chi connectivity index (χ1) is 11.6. The second kappa shape index (κ2) is 12.8. The van der Waals surface area contributed by atoms with E-state index in [9.17, 15) is 4.79 Å².